The van der Waals surface area contributed by atoms with E-state index in [1.54, 1.807) is 6.21 Å². The summed E-state index contributed by atoms with van der Waals surface area (Å²) in [5, 5.41) is 23.4. The zero-order valence-corrected chi connectivity index (χ0v) is 19.5. The Morgan fingerprint density at radius 1 is 0.848 bits per heavy atom. The van der Waals surface area contributed by atoms with Crippen molar-refractivity contribution in [1.82, 2.24) is 0 Å². The Hall–Kier alpha value is -3.43. The summed E-state index contributed by atoms with van der Waals surface area (Å²) in [6.07, 6.45) is 2.35. The second kappa shape index (κ2) is 9.60. The molecule has 168 valence electrons. The highest BCUT2D eigenvalue weighted by Gasteiger charge is 2.20. The molecule has 0 saturated carbocycles. The Morgan fingerprint density at radius 3 is 2.27 bits per heavy atom. The molecule has 2 N–H and O–H groups in total. The normalized spacial score (nSPS) is 13.0. The van der Waals surface area contributed by atoms with Crippen molar-refractivity contribution in [2.24, 2.45) is 4.99 Å². The van der Waals surface area contributed by atoms with Crippen LogP contribution in [0.15, 0.2) is 89.9 Å². The molecule has 0 radical (unpaired) electrons. The Bertz CT molecular complexity index is 1260. The van der Waals surface area contributed by atoms with Gasteiger partial charge in [0, 0.05) is 17.3 Å². The standard InChI is InChI=1S/C30H31NO2/c1-30(2,3)24-17-23(19-31-25(20-32)16-21-10-5-4-6-11-21)29(33)28(18-24)27-15-9-13-22-12-7-8-14-26(22)27/h4-15,17-19,25,32-33H,16,20H2,1-3H3/t25-/m0/s1. The molecule has 0 bridgehead atoms. The lowest BCUT2D eigenvalue weighted by Crippen LogP contribution is -2.15. The number of phenolic OH excluding ortho intramolecular Hbond substituents is 1. The number of hydrogen-bond donors (Lipinski definition) is 2. The van der Waals surface area contributed by atoms with Crippen molar-refractivity contribution < 1.29 is 10.2 Å². The molecule has 0 aliphatic carbocycles. The van der Waals surface area contributed by atoms with E-state index < -0.39 is 0 Å². The first-order valence-electron chi connectivity index (χ1n) is 11.4. The van der Waals surface area contributed by atoms with Crippen LogP contribution in [0.1, 0.15) is 37.5 Å². The predicted octanol–water partition coefficient (Wildman–Crippen LogP) is 6.53. The van der Waals surface area contributed by atoms with Crippen LogP contribution >= 0.6 is 0 Å². The maximum absolute atomic E-state index is 11.3. The summed E-state index contributed by atoms with van der Waals surface area (Å²) in [5.41, 5.74) is 4.59. The number of phenols is 1. The summed E-state index contributed by atoms with van der Waals surface area (Å²) < 4.78 is 0. The van der Waals surface area contributed by atoms with Crippen LogP contribution in [0.5, 0.6) is 5.75 Å². The van der Waals surface area contributed by atoms with Gasteiger partial charge in [0.1, 0.15) is 5.75 Å². The number of fused-ring (bicyclic) bond motifs is 1. The molecule has 4 aromatic rings. The molecule has 0 saturated heterocycles. The maximum atomic E-state index is 11.3. The van der Waals surface area contributed by atoms with Crippen LogP contribution in [0.25, 0.3) is 21.9 Å². The molecule has 3 heteroatoms. The van der Waals surface area contributed by atoms with Gasteiger partial charge in [0.15, 0.2) is 0 Å². The van der Waals surface area contributed by atoms with Gasteiger partial charge in [0.25, 0.3) is 0 Å². The van der Waals surface area contributed by atoms with Crippen molar-refractivity contribution in [1.29, 1.82) is 0 Å². The summed E-state index contributed by atoms with van der Waals surface area (Å²) in [4.78, 5) is 4.65. The Morgan fingerprint density at radius 2 is 1.55 bits per heavy atom. The molecule has 4 rings (SSSR count). The van der Waals surface area contributed by atoms with Crippen molar-refractivity contribution >= 4 is 17.0 Å². The van der Waals surface area contributed by atoms with Crippen LogP contribution in [-0.4, -0.2) is 29.1 Å². The number of aliphatic imine (C=N–C) groups is 1. The number of aromatic hydroxyl groups is 1. The van der Waals surface area contributed by atoms with Gasteiger partial charge in [0.2, 0.25) is 0 Å². The van der Waals surface area contributed by atoms with Gasteiger partial charge in [-0.1, -0.05) is 93.6 Å². The van der Waals surface area contributed by atoms with E-state index in [1.807, 2.05) is 54.6 Å². The van der Waals surface area contributed by atoms with Gasteiger partial charge in [-0.2, -0.15) is 0 Å². The molecule has 4 aromatic carbocycles. The molecule has 0 spiro atoms. The third-order valence-corrected chi connectivity index (χ3v) is 6.03. The first kappa shape index (κ1) is 22.8. The van der Waals surface area contributed by atoms with Crippen molar-refractivity contribution in [3.05, 3.63) is 102 Å². The van der Waals surface area contributed by atoms with Gasteiger partial charge in [-0.3, -0.25) is 4.99 Å². The van der Waals surface area contributed by atoms with Crippen LogP contribution in [-0.2, 0) is 11.8 Å². The lowest BCUT2D eigenvalue weighted by atomic mass is 9.83. The van der Waals surface area contributed by atoms with Crippen LogP contribution in [0.4, 0.5) is 0 Å². The number of benzene rings is 4. The van der Waals surface area contributed by atoms with Crippen LogP contribution in [0.2, 0.25) is 0 Å². The average Bonchev–Trinajstić information content (AvgIpc) is 2.82. The largest absolute Gasteiger partial charge is 0.507 e. The number of nitrogens with zero attached hydrogens (tertiary/aromatic N) is 1. The lowest BCUT2D eigenvalue weighted by Gasteiger charge is -2.22. The SMILES string of the molecule is CC(C)(C)c1cc(C=N[C@H](CO)Cc2ccccc2)c(O)c(-c2cccc3ccccc23)c1. The highest BCUT2D eigenvalue weighted by molar-refractivity contribution is 6.00. The summed E-state index contributed by atoms with van der Waals surface area (Å²) in [5.74, 6) is 0.208. The first-order chi connectivity index (χ1) is 15.9. The minimum atomic E-state index is -0.272. The Balaban J connectivity index is 1.79. The lowest BCUT2D eigenvalue weighted by molar-refractivity contribution is 0.266. The highest BCUT2D eigenvalue weighted by Crippen LogP contribution is 2.39. The number of aliphatic hydroxyl groups is 1. The van der Waals surface area contributed by atoms with Gasteiger partial charge >= 0.3 is 0 Å². The molecule has 0 unspecified atom stereocenters. The fraction of sp³-hybridized carbons (Fsp3) is 0.233. The Labute approximate surface area is 196 Å². The smallest absolute Gasteiger partial charge is 0.132 e. The third-order valence-electron chi connectivity index (χ3n) is 6.03. The van der Waals surface area contributed by atoms with Crippen LogP contribution in [0.3, 0.4) is 0 Å². The van der Waals surface area contributed by atoms with Crippen molar-refractivity contribution in [3.8, 4) is 16.9 Å². The highest BCUT2D eigenvalue weighted by atomic mass is 16.3. The summed E-state index contributed by atoms with van der Waals surface area (Å²) in [6, 6.07) is 28.2. The topological polar surface area (TPSA) is 52.8 Å². The van der Waals surface area contributed by atoms with Crippen molar-refractivity contribution in [2.45, 2.75) is 38.6 Å². The minimum absolute atomic E-state index is 0.0543. The van der Waals surface area contributed by atoms with E-state index in [-0.39, 0.29) is 23.8 Å². The monoisotopic (exact) mass is 437 g/mol. The predicted molar refractivity (Wildman–Crippen MR) is 138 cm³/mol. The van der Waals surface area contributed by atoms with Crippen molar-refractivity contribution in [3.63, 3.8) is 0 Å². The van der Waals surface area contributed by atoms with E-state index in [0.29, 0.717) is 12.0 Å². The molecule has 0 aliphatic heterocycles. The first-order valence-corrected chi connectivity index (χ1v) is 11.4. The molecule has 0 aromatic heterocycles. The van der Waals surface area contributed by atoms with E-state index in [2.05, 4.69) is 56.1 Å². The maximum Gasteiger partial charge on any atom is 0.132 e. The molecule has 1 atom stereocenters. The minimum Gasteiger partial charge on any atom is -0.507 e. The number of hydrogen-bond acceptors (Lipinski definition) is 3. The molecule has 0 heterocycles. The Kier molecular flexibility index (Phi) is 6.62. The molecule has 0 amide bonds. The third kappa shape index (κ3) is 5.15. The zero-order valence-electron chi connectivity index (χ0n) is 19.5. The quantitative estimate of drug-likeness (QED) is 0.337. The van der Waals surface area contributed by atoms with Gasteiger partial charge in [-0.15, -0.1) is 0 Å². The van der Waals surface area contributed by atoms with Crippen LogP contribution < -0.4 is 0 Å². The zero-order chi connectivity index (χ0) is 23.4. The van der Waals surface area contributed by atoms with Gasteiger partial charge in [0.05, 0.1) is 12.6 Å². The van der Waals surface area contributed by atoms with E-state index in [9.17, 15) is 10.2 Å². The second-order valence-electron chi connectivity index (χ2n) is 9.54. The van der Waals surface area contributed by atoms with Gasteiger partial charge in [-0.25, -0.2) is 0 Å². The molecular formula is C30H31NO2. The van der Waals surface area contributed by atoms with Gasteiger partial charge < -0.3 is 10.2 Å². The summed E-state index contributed by atoms with van der Waals surface area (Å²) in [7, 11) is 0. The van der Waals surface area contributed by atoms with E-state index in [1.165, 1.54) is 0 Å². The molecular weight excluding hydrogens is 406 g/mol. The van der Waals surface area contributed by atoms with E-state index in [4.69, 9.17) is 0 Å². The fourth-order valence-electron chi connectivity index (χ4n) is 4.09. The second-order valence-corrected chi connectivity index (χ2v) is 9.54. The molecule has 0 fully saturated rings. The summed E-state index contributed by atoms with van der Waals surface area (Å²) in [6.45, 7) is 6.44. The number of aliphatic hydroxyl groups excluding tert-OH is 1. The van der Waals surface area contributed by atoms with Crippen LogP contribution in [0, 0.1) is 0 Å². The summed E-state index contributed by atoms with van der Waals surface area (Å²) >= 11 is 0. The fourth-order valence-corrected chi connectivity index (χ4v) is 4.09. The number of rotatable bonds is 6. The van der Waals surface area contributed by atoms with Gasteiger partial charge in [-0.05, 0) is 51.4 Å². The molecule has 33 heavy (non-hydrogen) atoms. The molecule has 0 aliphatic rings. The molecule has 3 nitrogen and oxygen atoms in total. The average molecular weight is 438 g/mol. The van der Waals surface area contributed by atoms with E-state index in [0.717, 1.165) is 33.0 Å². The van der Waals surface area contributed by atoms with E-state index >= 15 is 0 Å². The van der Waals surface area contributed by atoms with Crippen molar-refractivity contribution in [2.75, 3.05) is 6.61 Å².